The van der Waals surface area contributed by atoms with Crippen LogP contribution in [-0.2, 0) is 9.59 Å². The van der Waals surface area contributed by atoms with Crippen LogP contribution in [0.4, 0.5) is 5.69 Å². The average molecular weight is 316 g/mol. The van der Waals surface area contributed by atoms with Crippen LogP contribution >= 0.6 is 0 Å². The van der Waals surface area contributed by atoms with Crippen molar-refractivity contribution in [3.8, 4) is 0 Å². The maximum Gasteiger partial charge on any atom is 0.287 e. The molecule has 0 radical (unpaired) electrons. The van der Waals surface area contributed by atoms with E-state index in [9.17, 15) is 24.5 Å². The average Bonchev–Trinajstić information content (AvgIpc) is 2.49. The van der Waals surface area contributed by atoms with Gasteiger partial charge in [0, 0.05) is 18.9 Å². The third-order valence-corrected chi connectivity index (χ3v) is 3.67. The molecule has 2 aromatic rings. The van der Waals surface area contributed by atoms with Crippen LogP contribution in [0.1, 0.15) is 25.1 Å². The number of amides is 2. The summed E-state index contributed by atoms with van der Waals surface area (Å²) in [4.78, 5) is 51.4. The molecule has 2 heterocycles. The molecule has 0 spiro atoms. The summed E-state index contributed by atoms with van der Waals surface area (Å²) in [5, 5.41) is 11.7. The molecule has 118 valence electrons. The van der Waals surface area contributed by atoms with Crippen molar-refractivity contribution >= 4 is 28.4 Å². The molecule has 0 atom stereocenters. The fourth-order valence-corrected chi connectivity index (χ4v) is 2.67. The topological polar surface area (TPSA) is 115 Å². The Hall–Kier alpha value is -3.10. The van der Waals surface area contributed by atoms with Gasteiger partial charge in [-0.3, -0.25) is 24.5 Å². The van der Waals surface area contributed by atoms with Gasteiger partial charge in [-0.1, -0.05) is 6.07 Å². The number of aryl methyl sites for hydroxylation is 1. The first-order valence-electron chi connectivity index (χ1n) is 6.94. The van der Waals surface area contributed by atoms with Crippen LogP contribution in [0.25, 0.3) is 10.9 Å². The molecule has 9 nitrogen and oxygen atoms in total. The number of nitro groups is 1. The fraction of sp³-hybridized carbons (Fsp3) is 0.286. The minimum absolute atomic E-state index is 0.117. The van der Waals surface area contributed by atoms with E-state index in [0.29, 0.717) is 6.42 Å². The zero-order chi connectivity index (χ0) is 16.7. The highest BCUT2D eigenvalue weighted by Gasteiger charge is 2.31. The molecule has 1 saturated heterocycles. The molecule has 0 saturated carbocycles. The van der Waals surface area contributed by atoms with Gasteiger partial charge in [0.25, 0.3) is 11.2 Å². The second-order valence-electron chi connectivity index (χ2n) is 5.16. The lowest BCUT2D eigenvalue weighted by Gasteiger charge is -2.27. The number of rotatable bonds is 2. The van der Waals surface area contributed by atoms with E-state index in [1.54, 1.807) is 0 Å². The molecule has 0 unspecified atom stereocenters. The summed E-state index contributed by atoms with van der Waals surface area (Å²) in [6.07, 6.45) is 0.683. The molecule has 2 amide bonds. The van der Waals surface area contributed by atoms with E-state index >= 15 is 0 Å². The van der Waals surface area contributed by atoms with Crippen LogP contribution in [0, 0.1) is 17.0 Å². The number of imide groups is 1. The standard InChI is InChI=1S/C14H12N4O5/c1-8-15-9-4-2-5-10(18(22)23)13(9)14(21)16(8)17-11(19)6-3-7-12(17)20/h2,4-5H,3,6-7H2,1H3. The Bertz CT molecular complexity index is 901. The summed E-state index contributed by atoms with van der Waals surface area (Å²) < 4.78 is 0.832. The Kier molecular flexibility index (Phi) is 3.40. The van der Waals surface area contributed by atoms with Gasteiger partial charge in [0.1, 0.15) is 11.2 Å². The molecule has 0 aliphatic carbocycles. The largest absolute Gasteiger partial charge is 0.287 e. The molecule has 9 heteroatoms. The molecule has 1 aromatic heterocycles. The number of nitrogens with zero attached hydrogens (tertiary/aromatic N) is 4. The van der Waals surface area contributed by atoms with Gasteiger partial charge in [0.05, 0.1) is 10.4 Å². The van der Waals surface area contributed by atoms with Crippen LogP contribution in [0.2, 0.25) is 0 Å². The highest BCUT2D eigenvalue weighted by atomic mass is 16.6. The highest BCUT2D eigenvalue weighted by Crippen LogP contribution is 2.21. The Morgan fingerprint density at radius 2 is 1.83 bits per heavy atom. The second kappa shape index (κ2) is 5.27. The Morgan fingerprint density at radius 1 is 1.17 bits per heavy atom. The van der Waals surface area contributed by atoms with Crippen molar-refractivity contribution in [2.45, 2.75) is 26.2 Å². The van der Waals surface area contributed by atoms with Crippen molar-refractivity contribution in [1.82, 2.24) is 9.66 Å². The van der Waals surface area contributed by atoms with Crippen molar-refractivity contribution in [2.24, 2.45) is 0 Å². The van der Waals surface area contributed by atoms with Crippen LogP contribution in [-0.4, -0.2) is 26.4 Å². The van der Waals surface area contributed by atoms with E-state index < -0.39 is 28.0 Å². The van der Waals surface area contributed by atoms with E-state index in [1.165, 1.54) is 25.1 Å². The molecule has 1 aromatic carbocycles. The second-order valence-corrected chi connectivity index (χ2v) is 5.16. The van der Waals surface area contributed by atoms with Gasteiger partial charge in [-0.25, -0.2) is 4.98 Å². The molecule has 0 bridgehead atoms. The summed E-state index contributed by atoms with van der Waals surface area (Å²) in [5.74, 6) is -0.927. The maximum absolute atomic E-state index is 12.7. The predicted molar refractivity (Wildman–Crippen MR) is 79.5 cm³/mol. The van der Waals surface area contributed by atoms with E-state index in [2.05, 4.69) is 4.98 Å². The maximum atomic E-state index is 12.7. The lowest BCUT2D eigenvalue weighted by molar-refractivity contribution is -0.383. The van der Waals surface area contributed by atoms with E-state index in [1.807, 2.05) is 0 Å². The third kappa shape index (κ3) is 2.26. The van der Waals surface area contributed by atoms with E-state index in [-0.39, 0.29) is 29.6 Å². The van der Waals surface area contributed by atoms with Gasteiger partial charge in [-0.15, -0.1) is 0 Å². The Labute approximate surface area is 129 Å². The molecule has 1 aliphatic heterocycles. The molecule has 1 aliphatic rings. The van der Waals surface area contributed by atoms with Gasteiger partial charge in [-0.2, -0.15) is 9.69 Å². The predicted octanol–water partition coefficient (Wildman–Crippen LogP) is 0.788. The van der Waals surface area contributed by atoms with Gasteiger partial charge in [-0.05, 0) is 19.4 Å². The van der Waals surface area contributed by atoms with Crippen molar-refractivity contribution in [3.05, 3.63) is 44.5 Å². The smallest absolute Gasteiger partial charge is 0.273 e. The summed E-state index contributed by atoms with van der Waals surface area (Å²) in [7, 11) is 0. The summed E-state index contributed by atoms with van der Waals surface area (Å²) in [6, 6.07) is 4.08. The molecular formula is C14H12N4O5. The van der Waals surface area contributed by atoms with Crippen molar-refractivity contribution < 1.29 is 14.5 Å². The number of fused-ring (bicyclic) bond motifs is 1. The quantitative estimate of drug-likeness (QED) is 0.459. The number of hydrogen-bond acceptors (Lipinski definition) is 6. The molecule has 3 rings (SSSR count). The zero-order valence-corrected chi connectivity index (χ0v) is 12.2. The molecule has 23 heavy (non-hydrogen) atoms. The minimum atomic E-state index is -0.802. The number of non-ortho nitro benzene ring substituents is 1. The van der Waals surface area contributed by atoms with Gasteiger partial charge < -0.3 is 0 Å². The van der Waals surface area contributed by atoms with Gasteiger partial charge in [0.2, 0.25) is 11.8 Å². The van der Waals surface area contributed by atoms with Crippen molar-refractivity contribution in [3.63, 3.8) is 0 Å². The van der Waals surface area contributed by atoms with Crippen LogP contribution in [0.5, 0.6) is 0 Å². The normalized spacial score (nSPS) is 15.3. The lowest BCUT2D eigenvalue weighted by atomic mass is 10.1. The Balaban J connectivity index is 2.36. The summed E-state index contributed by atoms with van der Waals surface area (Å²) in [6.45, 7) is 1.47. The number of piperidine rings is 1. The minimum Gasteiger partial charge on any atom is -0.273 e. The van der Waals surface area contributed by atoms with Crippen molar-refractivity contribution in [2.75, 3.05) is 5.01 Å². The van der Waals surface area contributed by atoms with Gasteiger partial charge in [0.15, 0.2) is 0 Å². The number of aromatic nitrogens is 2. The highest BCUT2D eigenvalue weighted by molar-refractivity contribution is 6.10. The summed E-state index contributed by atoms with van der Waals surface area (Å²) in [5.41, 5.74) is -1.07. The first-order chi connectivity index (χ1) is 10.9. The zero-order valence-electron chi connectivity index (χ0n) is 12.2. The number of benzene rings is 1. The van der Waals surface area contributed by atoms with Gasteiger partial charge >= 0.3 is 0 Å². The number of hydrogen-bond donors (Lipinski definition) is 0. The number of carbonyl (C=O) groups excluding carboxylic acids is 2. The third-order valence-electron chi connectivity index (χ3n) is 3.67. The molecule has 0 N–H and O–H groups in total. The van der Waals surface area contributed by atoms with Crippen molar-refractivity contribution in [1.29, 1.82) is 0 Å². The first kappa shape index (κ1) is 14.8. The fourth-order valence-electron chi connectivity index (χ4n) is 2.67. The molecular weight excluding hydrogens is 304 g/mol. The molecule has 1 fully saturated rings. The lowest BCUT2D eigenvalue weighted by Crippen LogP contribution is -2.53. The van der Waals surface area contributed by atoms with E-state index in [0.717, 1.165) is 9.69 Å². The van der Waals surface area contributed by atoms with Crippen LogP contribution in [0.15, 0.2) is 23.0 Å². The monoisotopic (exact) mass is 316 g/mol. The van der Waals surface area contributed by atoms with Crippen LogP contribution < -0.4 is 10.6 Å². The Morgan fingerprint density at radius 3 is 2.43 bits per heavy atom. The number of nitro benzene ring substituents is 1. The van der Waals surface area contributed by atoms with E-state index in [4.69, 9.17) is 0 Å². The first-order valence-corrected chi connectivity index (χ1v) is 6.94. The SMILES string of the molecule is Cc1nc2cccc([N+](=O)[O-])c2c(=O)n1N1C(=O)CCCC1=O. The van der Waals surface area contributed by atoms with Crippen LogP contribution in [0.3, 0.4) is 0 Å². The summed E-state index contributed by atoms with van der Waals surface area (Å²) >= 11 is 0. The number of carbonyl (C=O) groups is 2.